The van der Waals surface area contributed by atoms with Crippen molar-refractivity contribution in [3.8, 4) is 0 Å². The number of rotatable bonds is 44. The third-order valence-electron chi connectivity index (χ3n) is 10.9. The molecule has 3 N–H and O–H groups in total. The van der Waals surface area contributed by atoms with Crippen LogP contribution in [-0.2, 0) is 14.3 Å². The van der Waals surface area contributed by atoms with Gasteiger partial charge in [0.05, 0.1) is 25.2 Å². The average molecular weight is 862 g/mol. The number of hydrogen-bond acceptors (Lipinski definition) is 5. The first kappa shape index (κ1) is 58.8. The van der Waals surface area contributed by atoms with Gasteiger partial charge in [0.25, 0.3) is 0 Å². The monoisotopic (exact) mass is 862 g/mol. The molecule has 0 aromatic rings. The van der Waals surface area contributed by atoms with Crippen molar-refractivity contribution in [2.75, 3.05) is 6.61 Å². The van der Waals surface area contributed by atoms with Gasteiger partial charge in [0, 0.05) is 12.8 Å². The van der Waals surface area contributed by atoms with Crippen molar-refractivity contribution in [2.24, 2.45) is 0 Å². The lowest BCUT2D eigenvalue weighted by molar-refractivity contribution is -0.150. The van der Waals surface area contributed by atoms with Gasteiger partial charge >= 0.3 is 5.97 Å². The van der Waals surface area contributed by atoms with E-state index in [-0.39, 0.29) is 24.9 Å². The summed E-state index contributed by atoms with van der Waals surface area (Å²) in [6, 6.07) is -0.742. The van der Waals surface area contributed by atoms with Crippen LogP contribution in [0, 0.1) is 0 Å². The third-order valence-corrected chi connectivity index (χ3v) is 10.9. The van der Waals surface area contributed by atoms with Crippen LogP contribution in [0.5, 0.6) is 0 Å². The Balaban J connectivity index is 4.76. The molecule has 0 spiro atoms. The van der Waals surface area contributed by atoms with E-state index in [1.807, 2.05) is 12.2 Å². The van der Waals surface area contributed by atoms with Crippen molar-refractivity contribution in [2.45, 2.75) is 238 Å². The molecule has 0 aliphatic heterocycles. The van der Waals surface area contributed by atoms with Crippen LogP contribution >= 0.6 is 0 Å². The van der Waals surface area contributed by atoms with E-state index in [4.69, 9.17) is 4.74 Å². The van der Waals surface area contributed by atoms with Gasteiger partial charge in [0.2, 0.25) is 5.91 Å². The Hall–Kier alpha value is -3.22. The molecule has 0 bridgehead atoms. The van der Waals surface area contributed by atoms with E-state index in [2.05, 4.69) is 111 Å². The van der Waals surface area contributed by atoms with Gasteiger partial charge in [-0.15, -0.1) is 0 Å². The van der Waals surface area contributed by atoms with E-state index in [1.54, 1.807) is 0 Å². The zero-order valence-electron chi connectivity index (χ0n) is 40.2. The zero-order chi connectivity index (χ0) is 45.2. The van der Waals surface area contributed by atoms with E-state index in [9.17, 15) is 19.8 Å². The van der Waals surface area contributed by atoms with Crippen LogP contribution in [-0.4, -0.2) is 46.9 Å². The molecule has 0 saturated heterocycles. The molecule has 0 aliphatic carbocycles. The van der Waals surface area contributed by atoms with Crippen molar-refractivity contribution in [1.29, 1.82) is 0 Å². The van der Waals surface area contributed by atoms with Gasteiger partial charge < -0.3 is 20.3 Å². The highest BCUT2D eigenvalue weighted by Crippen LogP contribution is 2.16. The first-order valence-corrected chi connectivity index (χ1v) is 25.5. The molecule has 0 saturated carbocycles. The van der Waals surface area contributed by atoms with Crippen LogP contribution in [0.1, 0.15) is 220 Å². The molecule has 6 heteroatoms. The number of allylic oxidation sites excluding steroid dienone is 15. The van der Waals surface area contributed by atoms with Crippen LogP contribution < -0.4 is 5.32 Å². The van der Waals surface area contributed by atoms with E-state index in [1.165, 1.54) is 70.6 Å². The number of hydrogen-bond donors (Lipinski definition) is 3. The number of esters is 1. The molecule has 0 radical (unpaired) electrons. The Morgan fingerprint density at radius 2 is 0.903 bits per heavy atom. The summed E-state index contributed by atoms with van der Waals surface area (Å²) in [5.74, 6) is -0.613. The Morgan fingerprint density at radius 3 is 1.37 bits per heavy atom. The molecule has 3 unspecified atom stereocenters. The minimum Gasteiger partial charge on any atom is -0.461 e. The SMILES string of the molecule is CC/C=C\C/C=C\C/C=C\C/C=C\C/C=C\CC(CC(=O)NC(CO)C(O)CCCCCCCCCCCCCCCC)OC(=O)CCCCCC/C=C/C/C=C/C/C=C/CC. The number of nitrogens with one attached hydrogen (secondary N) is 1. The summed E-state index contributed by atoms with van der Waals surface area (Å²) < 4.78 is 5.85. The van der Waals surface area contributed by atoms with Crippen LogP contribution in [0.4, 0.5) is 0 Å². The minimum absolute atomic E-state index is 0.0148. The molecular formula is C56H95NO5. The van der Waals surface area contributed by atoms with Gasteiger partial charge in [-0.2, -0.15) is 0 Å². The molecule has 6 nitrogen and oxygen atoms in total. The molecule has 62 heavy (non-hydrogen) atoms. The van der Waals surface area contributed by atoms with E-state index < -0.39 is 18.2 Å². The van der Waals surface area contributed by atoms with Gasteiger partial charge in [-0.1, -0.05) is 221 Å². The van der Waals surface area contributed by atoms with Crippen LogP contribution in [0.15, 0.2) is 97.2 Å². The van der Waals surface area contributed by atoms with E-state index in [0.29, 0.717) is 19.3 Å². The fourth-order valence-corrected chi connectivity index (χ4v) is 7.11. The molecule has 0 aliphatic rings. The quantitative estimate of drug-likeness (QED) is 0.0322. The highest BCUT2D eigenvalue weighted by atomic mass is 16.5. The molecule has 0 aromatic heterocycles. The fraction of sp³-hybridized carbons (Fsp3) is 0.679. The number of amides is 1. The molecule has 0 heterocycles. The van der Waals surface area contributed by atoms with Gasteiger partial charge in [-0.25, -0.2) is 0 Å². The maximum atomic E-state index is 13.2. The Morgan fingerprint density at radius 1 is 0.500 bits per heavy atom. The van der Waals surface area contributed by atoms with Gasteiger partial charge in [-0.05, 0) is 77.0 Å². The number of ether oxygens (including phenoxy) is 1. The predicted molar refractivity (Wildman–Crippen MR) is 268 cm³/mol. The Bertz CT molecular complexity index is 1240. The standard InChI is InChI=1S/C56H95NO5/c1-4-7-10-13-16-19-22-25-28-29-32-35-38-41-44-47-52(62-56(61)49-46-43-40-37-34-31-27-24-21-18-15-12-9-6-3)50-55(60)57-53(51-58)54(59)48-45-42-39-36-33-30-26-23-20-17-14-11-8-5-2/h7,9-10,12,16,18-19,21,25,27-28,31-32,35,41,44,52-54,58-59H,4-6,8,11,13-15,17,20,22-24,26,29-30,33-34,36-40,42-43,45-51H2,1-3H3,(H,57,60)/b10-7-,12-9+,19-16-,21-18+,28-25-,31-27+,35-32-,44-41-. The van der Waals surface area contributed by atoms with Crippen molar-refractivity contribution in [1.82, 2.24) is 5.32 Å². The van der Waals surface area contributed by atoms with Gasteiger partial charge in [0.1, 0.15) is 6.10 Å². The molecule has 3 atom stereocenters. The number of unbranched alkanes of at least 4 members (excludes halogenated alkanes) is 17. The van der Waals surface area contributed by atoms with E-state index in [0.717, 1.165) is 103 Å². The first-order valence-electron chi connectivity index (χ1n) is 25.5. The first-order chi connectivity index (χ1) is 30.5. The molecule has 0 rings (SSSR count). The lowest BCUT2D eigenvalue weighted by atomic mass is 10.0. The van der Waals surface area contributed by atoms with Crippen molar-refractivity contribution in [3.63, 3.8) is 0 Å². The summed E-state index contributed by atoms with van der Waals surface area (Å²) in [5.41, 5.74) is 0. The van der Waals surface area contributed by atoms with Crippen LogP contribution in [0.2, 0.25) is 0 Å². The lowest BCUT2D eigenvalue weighted by Crippen LogP contribution is -2.46. The summed E-state index contributed by atoms with van der Waals surface area (Å²) in [7, 11) is 0. The fourth-order valence-electron chi connectivity index (χ4n) is 7.11. The second kappa shape index (κ2) is 48.8. The average Bonchev–Trinajstić information content (AvgIpc) is 3.26. The number of carbonyl (C=O) groups is 2. The summed E-state index contributed by atoms with van der Waals surface area (Å²) in [6.45, 7) is 6.22. The summed E-state index contributed by atoms with van der Waals surface area (Å²) >= 11 is 0. The second-order valence-electron chi connectivity index (χ2n) is 16.8. The normalized spacial score (nSPS) is 14.1. The predicted octanol–water partition coefficient (Wildman–Crippen LogP) is 15.3. The second-order valence-corrected chi connectivity index (χ2v) is 16.8. The molecule has 0 aromatic carbocycles. The number of aliphatic hydroxyl groups excluding tert-OH is 2. The molecule has 354 valence electrons. The molecule has 1 amide bonds. The van der Waals surface area contributed by atoms with E-state index >= 15 is 0 Å². The summed E-state index contributed by atoms with van der Waals surface area (Å²) in [4.78, 5) is 26.1. The lowest BCUT2D eigenvalue weighted by Gasteiger charge is -2.24. The van der Waals surface area contributed by atoms with Gasteiger partial charge in [-0.3, -0.25) is 9.59 Å². The van der Waals surface area contributed by atoms with Crippen molar-refractivity contribution in [3.05, 3.63) is 97.2 Å². The Kier molecular flexibility index (Phi) is 46.3. The van der Waals surface area contributed by atoms with Crippen LogP contribution in [0.25, 0.3) is 0 Å². The van der Waals surface area contributed by atoms with Crippen molar-refractivity contribution < 1.29 is 24.5 Å². The largest absolute Gasteiger partial charge is 0.461 e. The van der Waals surface area contributed by atoms with Gasteiger partial charge in [0.15, 0.2) is 0 Å². The van der Waals surface area contributed by atoms with Crippen LogP contribution in [0.3, 0.4) is 0 Å². The summed E-state index contributed by atoms with van der Waals surface area (Å²) in [6.07, 6.45) is 64.8. The zero-order valence-corrected chi connectivity index (χ0v) is 40.2. The Labute approximate surface area is 382 Å². The highest BCUT2D eigenvalue weighted by molar-refractivity contribution is 5.77. The maximum Gasteiger partial charge on any atom is 0.306 e. The third kappa shape index (κ3) is 43.4. The van der Waals surface area contributed by atoms with Crippen molar-refractivity contribution >= 4 is 11.9 Å². The number of carbonyl (C=O) groups excluding carboxylic acids is 2. The maximum absolute atomic E-state index is 13.2. The topological polar surface area (TPSA) is 95.9 Å². The number of aliphatic hydroxyl groups is 2. The highest BCUT2D eigenvalue weighted by Gasteiger charge is 2.23. The molecular weight excluding hydrogens is 767 g/mol. The molecule has 0 fully saturated rings. The summed E-state index contributed by atoms with van der Waals surface area (Å²) in [5, 5.41) is 23.7. The smallest absolute Gasteiger partial charge is 0.306 e. The minimum atomic E-state index is -0.821.